The van der Waals surface area contributed by atoms with E-state index in [9.17, 15) is 13.6 Å². The number of halogens is 2. The lowest BCUT2D eigenvalue weighted by Gasteiger charge is -2.28. The first-order chi connectivity index (χ1) is 12.4. The third-order valence-corrected chi connectivity index (χ3v) is 4.58. The zero-order valence-electron chi connectivity index (χ0n) is 15.0. The van der Waals surface area contributed by atoms with E-state index in [1.165, 1.54) is 16.6 Å². The maximum Gasteiger partial charge on any atom is 0.243 e. The van der Waals surface area contributed by atoms with Crippen LogP contribution >= 0.6 is 0 Å². The molecule has 1 amide bonds. The standard InChI is InChI=1S/C21H22F2N2O/c1-21(2)14-19(16-11-12-17(22)18(23)13-16)24-25(21)20(26)10-6-9-15-7-4-3-5-8-15/h3-5,7-8,11-13H,6,9-10,14H2,1-2H3. The average molecular weight is 356 g/mol. The average Bonchev–Trinajstić information content (AvgIpc) is 2.93. The Kier molecular flexibility index (Phi) is 5.16. The molecule has 0 spiro atoms. The Labute approximate surface area is 152 Å². The third-order valence-electron chi connectivity index (χ3n) is 4.58. The molecule has 0 unspecified atom stereocenters. The molecule has 0 aliphatic carbocycles. The lowest BCUT2D eigenvalue weighted by molar-refractivity contribution is -0.135. The van der Waals surface area contributed by atoms with E-state index in [-0.39, 0.29) is 5.91 Å². The number of nitrogens with zero attached hydrogens (tertiary/aromatic N) is 2. The van der Waals surface area contributed by atoms with Crippen LogP contribution in [-0.2, 0) is 11.2 Å². The molecule has 0 bridgehead atoms. The van der Waals surface area contributed by atoms with Gasteiger partial charge < -0.3 is 0 Å². The minimum atomic E-state index is -0.907. The molecular weight excluding hydrogens is 334 g/mol. The minimum absolute atomic E-state index is 0.0523. The fourth-order valence-electron chi connectivity index (χ4n) is 3.20. The molecule has 26 heavy (non-hydrogen) atoms. The Bertz CT molecular complexity index is 831. The molecule has 0 saturated carbocycles. The van der Waals surface area contributed by atoms with Gasteiger partial charge in [-0.3, -0.25) is 4.79 Å². The summed E-state index contributed by atoms with van der Waals surface area (Å²) in [7, 11) is 0. The summed E-state index contributed by atoms with van der Waals surface area (Å²) in [4.78, 5) is 12.6. The molecule has 0 fully saturated rings. The van der Waals surface area contributed by atoms with Crippen molar-refractivity contribution in [2.75, 3.05) is 0 Å². The van der Waals surface area contributed by atoms with Crippen molar-refractivity contribution < 1.29 is 13.6 Å². The van der Waals surface area contributed by atoms with Crippen molar-refractivity contribution in [3.05, 3.63) is 71.3 Å². The van der Waals surface area contributed by atoms with Gasteiger partial charge in [0.05, 0.1) is 11.3 Å². The summed E-state index contributed by atoms with van der Waals surface area (Å²) < 4.78 is 26.6. The van der Waals surface area contributed by atoms with E-state index in [1.54, 1.807) is 0 Å². The SMILES string of the molecule is CC1(C)CC(c2ccc(F)c(F)c2)=NN1C(=O)CCCc1ccccc1. The lowest BCUT2D eigenvalue weighted by Crippen LogP contribution is -2.40. The molecule has 5 heteroatoms. The Morgan fingerprint density at radius 2 is 1.85 bits per heavy atom. The zero-order valence-corrected chi connectivity index (χ0v) is 15.0. The van der Waals surface area contributed by atoms with E-state index in [1.807, 2.05) is 44.2 Å². The summed E-state index contributed by atoms with van der Waals surface area (Å²) in [6.07, 6.45) is 2.47. The highest BCUT2D eigenvalue weighted by Crippen LogP contribution is 2.30. The van der Waals surface area contributed by atoms with Gasteiger partial charge in [0.2, 0.25) is 5.91 Å². The van der Waals surface area contributed by atoms with E-state index >= 15 is 0 Å². The van der Waals surface area contributed by atoms with Crippen LogP contribution in [0.3, 0.4) is 0 Å². The first kappa shape index (κ1) is 18.2. The van der Waals surface area contributed by atoms with Gasteiger partial charge >= 0.3 is 0 Å². The molecule has 3 rings (SSSR count). The minimum Gasteiger partial charge on any atom is -0.273 e. The Morgan fingerprint density at radius 3 is 2.54 bits per heavy atom. The summed E-state index contributed by atoms with van der Waals surface area (Å²) in [5.41, 5.74) is 1.83. The Morgan fingerprint density at radius 1 is 1.12 bits per heavy atom. The van der Waals surface area contributed by atoms with Gasteiger partial charge in [0, 0.05) is 18.4 Å². The van der Waals surface area contributed by atoms with Crippen molar-refractivity contribution in [3.8, 4) is 0 Å². The van der Waals surface area contributed by atoms with Crippen molar-refractivity contribution in [1.82, 2.24) is 5.01 Å². The normalized spacial score (nSPS) is 15.8. The Hall–Kier alpha value is -2.56. The summed E-state index contributed by atoms with van der Waals surface area (Å²) in [6, 6.07) is 13.7. The number of benzene rings is 2. The van der Waals surface area contributed by atoms with Crippen LogP contribution in [0.15, 0.2) is 53.6 Å². The van der Waals surface area contributed by atoms with Crippen molar-refractivity contribution in [2.24, 2.45) is 5.10 Å². The van der Waals surface area contributed by atoms with E-state index in [0.29, 0.717) is 24.1 Å². The molecule has 2 aromatic rings. The fraction of sp³-hybridized carbons (Fsp3) is 0.333. The monoisotopic (exact) mass is 356 g/mol. The summed E-state index contributed by atoms with van der Waals surface area (Å²) >= 11 is 0. The summed E-state index contributed by atoms with van der Waals surface area (Å²) in [5.74, 6) is -1.85. The van der Waals surface area contributed by atoms with Crippen LogP contribution in [0.5, 0.6) is 0 Å². The summed E-state index contributed by atoms with van der Waals surface area (Å²) in [6.45, 7) is 3.86. The highest BCUT2D eigenvalue weighted by atomic mass is 19.2. The number of carbonyl (C=O) groups is 1. The molecule has 1 aliphatic heterocycles. The van der Waals surface area contributed by atoms with Crippen molar-refractivity contribution in [1.29, 1.82) is 0 Å². The van der Waals surface area contributed by atoms with Crippen molar-refractivity contribution >= 4 is 11.6 Å². The molecule has 1 aliphatic rings. The molecule has 136 valence electrons. The van der Waals surface area contributed by atoms with E-state index < -0.39 is 17.2 Å². The van der Waals surface area contributed by atoms with Gasteiger partial charge in [-0.05, 0) is 50.5 Å². The van der Waals surface area contributed by atoms with Gasteiger partial charge in [-0.15, -0.1) is 0 Å². The second-order valence-electron chi connectivity index (χ2n) is 7.21. The molecule has 2 aromatic carbocycles. The van der Waals surface area contributed by atoms with Crippen molar-refractivity contribution in [2.45, 2.75) is 45.1 Å². The van der Waals surface area contributed by atoms with Gasteiger partial charge in [-0.1, -0.05) is 30.3 Å². The molecule has 3 nitrogen and oxygen atoms in total. The number of aryl methyl sites for hydroxylation is 1. The van der Waals surface area contributed by atoms with Crippen LogP contribution < -0.4 is 0 Å². The van der Waals surface area contributed by atoms with Gasteiger partial charge in [0.25, 0.3) is 0 Å². The van der Waals surface area contributed by atoms with Crippen LogP contribution in [-0.4, -0.2) is 22.2 Å². The first-order valence-corrected chi connectivity index (χ1v) is 8.77. The maximum atomic E-state index is 13.5. The summed E-state index contributed by atoms with van der Waals surface area (Å²) in [5, 5.41) is 5.91. The largest absolute Gasteiger partial charge is 0.273 e. The fourth-order valence-corrected chi connectivity index (χ4v) is 3.20. The smallest absolute Gasteiger partial charge is 0.243 e. The third kappa shape index (κ3) is 3.98. The molecular formula is C21H22F2N2O. The second-order valence-corrected chi connectivity index (χ2v) is 7.21. The van der Waals surface area contributed by atoms with Crippen LogP contribution in [0.4, 0.5) is 8.78 Å². The lowest BCUT2D eigenvalue weighted by atomic mass is 9.94. The van der Waals surface area contributed by atoms with E-state index in [4.69, 9.17) is 0 Å². The first-order valence-electron chi connectivity index (χ1n) is 8.77. The topological polar surface area (TPSA) is 32.7 Å². The van der Waals surface area contributed by atoms with Crippen LogP contribution in [0.2, 0.25) is 0 Å². The molecule has 0 N–H and O–H groups in total. The maximum absolute atomic E-state index is 13.5. The number of hydrogen-bond donors (Lipinski definition) is 0. The second kappa shape index (κ2) is 7.36. The van der Waals surface area contributed by atoms with Crippen LogP contribution in [0.1, 0.15) is 44.2 Å². The molecule has 0 radical (unpaired) electrons. The molecule has 0 aromatic heterocycles. The van der Waals surface area contributed by atoms with Gasteiger partial charge in [-0.2, -0.15) is 5.10 Å². The number of hydrazone groups is 1. The van der Waals surface area contributed by atoms with Crippen LogP contribution in [0, 0.1) is 11.6 Å². The van der Waals surface area contributed by atoms with Crippen molar-refractivity contribution in [3.63, 3.8) is 0 Å². The molecule has 0 saturated heterocycles. The quantitative estimate of drug-likeness (QED) is 0.764. The van der Waals surface area contributed by atoms with Gasteiger partial charge in [-0.25, -0.2) is 13.8 Å². The Balaban J connectivity index is 1.68. The number of carbonyl (C=O) groups excluding carboxylic acids is 1. The number of amides is 1. The molecule has 1 heterocycles. The van der Waals surface area contributed by atoms with Crippen LogP contribution in [0.25, 0.3) is 0 Å². The van der Waals surface area contributed by atoms with E-state index in [0.717, 1.165) is 25.0 Å². The number of hydrogen-bond acceptors (Lipinski definition) is 2. The predicted molar refractivity (Wildman–Crippen MR) is 97.8 cm³/mol. The zero-order chi connectivity index (χ0) is 18.7. The molecule has 0 atom stereocenters. The van der Waals surface area contributed by atoms with Gasteiger partial charge in [0.15, 0.2) is 11.6 Å². The van der Waals surface area contributed by atoms with E-state index in [2.05, 4.69) is 5.10 Å². The van der Waals surface area contributed by atoms with Gasteiger partial charge in [0.1, 0.15) is 0 Å². The predicted octanol–water partition coefficient (Wildman–Crippen LogP) is 4.70. The number of rotatable bonds is 5. The highest BCUT2D eigenvalue weighted by molar-refractivity contribution is 6.03. The highest BCUT2D eigenvalue weighted by Gasteiger charge is 2.38.